The van der Waals surface area contributed by atoms with Crippen molar-refractivity contribution in [1.82, 2.24) is 0 Å². The Morgan fingerprint density at radius 3 is 3.10 bits per heavy atom. The molecule has 1 amide bonds. The molecule has 1 heterocycles. The largest absolute Gasteiger partial charge is 0.399 e. The maximum Gasteiger partial charge on any atom is 0.237 e. The normalized spacial score (nSPS) is 19.8. The van der Waals surface area contributed by atoms with Crippen molar-refractivity contribution in [3.8, 4) is 0 Å². The van der Waals surface area contributed by atoms with Crippen LogP contribution in [0.5, 0.6) is 0 Å². The highest BCUT2D eigenvalue weighted by Gasteiger charge is 2.20. The molecule has 0 aliphatic carbocycles. The van der Waals surface area contributed by atoms with Crippen molar-refractivity contribution in [3.05, 3.63) is 23.8 Å². The maximum absolute atomic E-state index is 12.2. The molecule has 4 nitrogen and oxygen atoms in total. The number of nitrogens with two attached hydrogens (primary N) is 1. The topological polar surface area (TPSA) is 64.3 Å². The molecular formula is C15H22N2O2S. The highest BCUT2D eigenvalue weighted by atomic mass is 32.2. The quantitative estimate of drug-likeness (QED) is 0.820. The fraction of sp³-hybridized carbons (Fsp3) is 0.533. The van der Waals surface area contributed by atoms with Crippen LogP contribution in [0.4, 0.5) is 11.4 Å². The summed E-state index contributed by atoms with van der Waals surface area (Å²) in [5.74, 6) is 0.895. The number of hydrogen-bond acceptors (Lipinski definition) is 4. The van der Waals surface area contributed by atoms with E-state index < -0.39 is 0 Å². The lowest BCUT2D eigenvalue weighted by Crippen LogP contribution is -2.24. The van der Waals surface area contributed by atoms with E-state index in [1.54, 1.807) is 17.8 Å². The predicted octanol–water partition coefficient (Wildman–Crippen LogP) is 2.82. The Morgan fingerprint density at radius 2 is 2.40 bits per heavy atom. The van der Waals surface area contributed by atoms with E-state index >= 15 is 0 Å². The first kappa shape index (κ1) is 15.2. The number of nitrogen functional groups attached to an aromatic ring is 1. The molecule has 1 aromatic rings. The minimum absolute atomic E-state index is 0.0155. The molecule has 1 aliphatic heterocycles. The zero-order valence-electron chi connectivity index (χ0n) is 12.0. The molecule has 110 valence electrons. The van der Waals surface area contributed by atoms with Gasteiger partial charge in [-0.25, -0.2) is 0 Å². The molecule has 1 aromatic carbocycles. The number of ether oxygens (including phenoxy) is 1. The standard InChI is InChI=1S/C15H22N2O2S/c1-10-5-6-12(16)8-14(10)17-15(18)11(2)20-9-13-4-3-7-19-13/h5-6,8,11,13H,3-4,7,9,16H2,1-2H3,(H,17,18). The van der Waals surface area contributed by atoms with Crippen LogP contribution in [0.1, 0.15) is 25.3 Å². The molecular weight excluding hydrogens is 272 g/mol. The van der Waals surface area contributed by atoms with Crippen LogP contribution in [0.15, 0.2) is 18.2 Å². The van der Waals surface area contributed by atoms with Gasteiger partial charge in [0, 0.05) is 23.7 Å². The summed E-state index contributed by atoms with van der Waals surface area (Å²) in [5.41, 5.74) is 8.21. The number of aryl methyl sites for hydroxylation is 1. The third-order valence-corrected chi connectivity index (χ3v) is 4.72. The summed E-state index contributed by atoms with van der Waals surface area (Å²) in [6.45, 7) is 4.74. The van der Waals surface area contributed by atoms with E-state index in [9.17, 15) is 4.79 Å². The molecule has 3 N–H and O–H groups in total. The highest BCUT2D eigenvalue weighted by molar-refractivity contribution is 8.00. The Kier molecular flexibility index (Phi) is 5.31. The second-order valence-electron chi connectivity index (χ2n) is 5.17. The third-order valence-electron chi connectivity index (χ3n) is 3.44. The van der Waals surface area contributed by atoms with Gasteiger partial charge in [-0.15, -0.1) is 11.8 Å². The summed E-state index contributed by atoms with van der Waals surface area (Å²) in [6, 6.07) is 5.54. The van der Waals surface area contributed by atoms with Gasteiger partial charge in [-0.05, 0) is 44.4 Å². The van der Waals surface area contributed by atoms with Gasteiger partial charge in [0.05, 0.1) is 11.4 Å². The fourth-order valence-corrected chi connectivity index (χ4v) is 3.09. The molecule has 0 spiro atoms. The second-order valence-corrected chi connectivity index (χ2v) is 6.55. The van der Waals surface area contributed by atoms with Crippen LogP contribution in [0.2, 0.25) is 0 Å². The number of amides is 1. The Morgan fingerprint density at radius 1 is 1.60 bits per heavy atom. The van der Waals surface area contributed by atoms with E-state index in [1.165, 1.54) is 0 Å². The van der Waals surface area contributed by atoms with Gasteiger partial charge in [-0.3, -0.25) is 4.79 Å². The maximum atomic E-state index is 12.2. The SMILES string of the molecule is Cc1ccc(N)cc1NC(=O)C(C)SCC1CCCO1. The van der Waals surface area contributed by atoms with E-state index in [4.69, 9.17) is 10.5 Å². The first-order chi connectivity index (χ1) is 9.56. The van der Waals surface area contributed by atoms with E-state index in [2.05, 4.69) is 5.32 Å². The molecule has 2 atom stereocenters. The lowest BCUT2D eigenvalue weighted by Gasteiger charge is -2.15. The first-order valence-corrected chi connectivity index (χ1v) is 8.01. The van der Waals surface area contributed by atoms with Gasteiger partial charge in [-0.2, -0.15) is 0 Å². The van der Waals surface area contributed by atoms with Gasteiger partial charge < -0.3 is 15.8 Å². The summed E-state index contributed by atoms with van der Waals surface area (Å²) in [7, 11) is 0. The Bertz CT molecular complexity index is 473. The fourth-order valence-electron chi connectivity index (χ4n) is 2.11. The predicted molar refractivity (Wildman–Crippen MR) is 85.1 cm³/mol. The number of benzene rings is 1. The van der Waals surface area contributed by atoms with Crippen molar-refractivity contribution >= 4 is 29.0 Å². The Labute approximate surface area is 124 Å². The van der Waals surface area contributed by atoms with Crippen LogP contribution in [-0.4, -0.2) is 29.6 Å². The summed E-state index contributed by atoms with van der Waals surface area (Å²) >= 11 is 1.64. The van der Waals surface area contributed by atoms with Crippen LogP contribution < -0.4 is 11.1 Å². The average molecular weight is 294 g/mol. The van der Waals surface area contributed by atoms with E-state index in [0.717, 1.165) is 36.5 Å². The van der Waals surface area contributed by atoms with E-state index in [0.29, 0.717) is 11.8 Å². The molecule has 1 saturated heterocycles. The van der Waals surface area contributed by atoms with Crippen LogP contribution in [0.3, 0.4) is 0 Å². The molecule has 2 rings (SSSR count). The van der Waals surface area contributed by atoms with Gasteiger partial charge in [0.2, 0.25) is 5.91 Å². The van der Waals surface area contributed by atoms with Gasteiger partial charge in [0.1, 0.15) is 0 Å². The number of carbonyl (C=O) groups excluding carboxylic acids is 1. The summed E-state index contributed by atoms with van der Waals surface area (Å²) in [4.78, 5) is 12.2. The van der Waals surface area contributed by atoms with Crippen molar-refractivity contribution in [2.45, 2.75) is 38.0 Å². The average Bonchev–Trinajstić information content (AvgIpc) is 2.93. The molecule has 2 unspecified atom stereocenters. The van der Waals surface area contributed by atoms with E-state index in [1.807, 2.05) is 26.0 Å². The van der Waals surface area contributed by atoms with Crippen molar-refractivity contribution < 1.29 is 9.53 Å². The minimum Gasteiger partial charge on any atom is -0.399 e. The van der Waals surface area contributed by atoms with Crippen LogP contribution in [-0.2, 0) is 9.53 Å². The Balaban J connectivity index is 1.85. The zero-order valence-corrected chi connectivity index (χ0v) is 12.8. The highest BCUT2D eigenvalue weighted by Crippen LogP contribution is 2.23. The number of carbonyl (C=O) groups is 1. The van der Waals surface area contributed by atoms with Crippen LogP contribution in [0, 0.1) is 6.92 Å². The number of rotatable bonds is 5. The second kappa shape index (κ2) is 6.99. The lowest BCUT2D eigenvalue weighted by atomic mass is 10.2. The number of anilines is 2. The summed E-state index contributed by atoms with van der Waals surface area (Å²) < 4.78 is 5.57. The lowest BCUT2D eigenvalue weighted by molar-refractivity contribution is -0.115. The molecule has 5 heteroatoms. The monoisotopic (exact) mass is 294 g/mol. The van der Waals surface area contributed by atoms with Crippen LogP contribution in [0.25, 0.3) is 0 Å². The molecule has 0 saturated carbocycles. The van der Waals surface area contributed by atoms with Crippen molar-refractivity contribution in [1.29, 1.82) is 0 Å². The minimum atomic E-state index is -0.0972. The first-order valence-electron chi connectivity index (χ1n) is 6.96. The smallest absolute Gasteiger partial charge is 0.237 e. The zero-order chi connectivity index (χ0) is 14.5. The molecule has 1 fully saturated rings. The molecule has 0 bridgehead atoms. The molecule has 0 radical (unpaired) electrons. The third kappa shape index (κ3) is 4.15. The van der Waals surface area contributed by atoms with Crippen molar-refractivity contribution in [2.24, 2.45) is 0 Å². The molecule has 1 aliphatic rings. The van der Waals surface area contributed by atoms with Gasteiger partial charge in [0.25, 0.3) is 0 Å². The number of nitrogens with one attached hydrogen (secondary N) is 1. The van der Waals surface area contributed by atoms with Gasteiger partial charge >= 0.3 is 0 Å². The molecule has 0 aromatic heterocycles. The van der Waals surface area contributed by atoms with E-state index in [-0.39, 0.29) is 11.2 Å². The van der Waals surface area contributed by atoms with Gasteiger partial charge in [0.15, 0.2) is 0 Å². The molecule has 20 heavy (non-hydrogen) atoms. The number of thioether (sulfide) groups is 1. The summed E-state index contributed by atoms with van der Waals surface area (Å²) in [6.07, 6.45) is 2.55. The Hall–Kier alpha value is -1.20. The number of hydrogen-bond donors (Lipinski definition) is 2. The summed E-state index contributed by atoms with van der Waals surface area (Å²) in [5, 5.41) is 2.85. The van der Waals surface area contributed by atoms with Crippen LogP contribution >= 0.6 is 11.8 Å². The van der Waals surface area contributed by atoms with Crippen molar-refractivity contribution in [2.75, 3.05) is 23.4 Å². The van der Waals surface area contributed by atoms with Gasteiger partial charge in [-0.1, -0.05) is 6.07 Å². The van der Waals surface area contributed by atoms with Crippen molar-refractivity contribution in [3.63, 3.8) is 0 Å².